The van der Waals surface area contributed by atoms with Gasteiger partial charge in [0.1, 0.15) is 9.79 Å². The summed E-state index contributed by atoms with van der Waals surface area (Å²) >= 11 is 0.998. The van der Waals surface area contributed by atoms with Gasteiger partial charge in [0.15, 0.2) is 5.76 Å². The molecule has 3 aromatic rings. The molecule has 1 amide bonds. The molecule has 0 atom stereocenters. The summed E-state index contributed by atoms with van der Waals surface area (Å²) < 4.78 is 38.1. The summed E-state index contributed by atoms with van der Waals surface area (Å²) in [4.78, 5) is 27.6. The van der Waals surface area contributed by atoms with Gasteiger partial charge in [-0.1, -0.05) is 25.1 Å². The zero-order valence-electron chi connectivity index (χ0n) is 16.4. The van der Waals surface area contributed by atoms with E-state index in [0.29, 0.717) is 29.0 Å². The minimum atomic E-state index is -3.85. The van der Waals surface area contributed by atoms with Gasteiger partial charge in [-0.05, 0) is 24.1 Å². The lowest BCUT2D eigenvalue weighted by Gasteiger charge is -2.26. The topological polar surface area (TPSA) is 106 Å². The van der Waals surface area contributed by atoms with E-state index in [2.05, 4.69) is 4.72 Å². The second-order valence-electron chi connectivity index (χ2n) is 6.78. The van der Waals surface area contributed by atoms with Crippen molar-refractivity contribution in [2.75, 3.05) is 20.2 Å². The molecule has 0 radical (unpaired) electrons. The minimum absolute atomic E-state index is 0.0642. The number of thiophene rings is 1. The lowest BCUT2D eigenvalue weighted by molar-refractivity contribution is 0.0595. The van der Waals surface area contributed by atoms with Crippen molar-refractivity contribution in [3.8, 4) is 0 Å². The molecule has 0 saturated heterocycles. The number of ether oxygens (including phenoxy) is 1. The van der Waals surface area contributed by atoms with Gasteiger partial charge in [-0.15, -0.1) is 11.3 Å². The van der Waals surface area contributed by atoms with E-state index in [-0.39, 0.29) is 34.5 Å². The molecule has 1 aromatic carbocycles. The average molecular weight is 449 g/mol. The first-order chi connectivity index (χ1) is 14.4. The van der Waals surface area contributed by atoms with E-state index in [9.17, 15) is 18.0 Å². The lowest BCUT2D eigenvalue weighted by Crippen LogP contribution is -2.35. The number of para-hydroxylation sites is 1. The van der Waals surface area contributed by atoms with Crippen molar-refractivity contribution >= 4 is 44.2 Å². The van der Waals surface area contributed by atoms with Gasteiger partial charge in [0.25, 0.3) is 15.9 Å². The number of hydrogen-bond donors (Lipinski definition) is 1. The maximum absolute atomic E-state index is 13.0. The summed E-state index contributed by atoms with van der Waals surface area (Å²) in [6, 6.07) is 9.05. The van der Waals surface area contributed by atoms with Gasteiger partial charge in [-0.25, -0.2) is 17.9 Å². The van der Waals surface area contributed by atoms with Crippen LogP contribution in [0.2, 0.25) is 0 Å². The fraction of sp³-hybridized carbons (Fsp3) is 0.300. The monoisotopic (exact) mass is 448 g/mol. The second kappa shape index (κ2) is 7.86. The van der Waals surface area contributed by atoms with Crippen LogP contribution in [-0.4, -0.2) is 45.4 Å². The SMILES string of the molecule is CCNS(=O)(=O)c1sc2c(c1C(=O)OC)CCN(C(=O)c1cc3ccccc3o1)C2. The maximum Gasteiger partial charge on any atom is 0.340 e. The number of benzene rings is 1. The van der Waals surface area contributed by atoms with E-state index < -0.39 is 16.0 Å². The van der Waals surface area contributed by atoms with E-state index in [0.717, 1.165) is 16.7 Å². The number of nitrogens with one attached hydrogen (secondary N) is 1. The summed E-state index contributed by atoms with van der Waals surface area (Å²) in [6.45, 7) is 2.39. The maximum atomic E-state index is 13.0. The summed E-state index contributed by atoms with van der Waals surface area (Å²) in [7, 11) is -2.63. The third kappa shape index (κ3) is 3.51. The molecule has 2 aromatic heterocycles. The highest BCUT2D eigenvalue weighted by atomic mass is 32.2. The summed E-state index contributed by atoms with van der Waals surface area (Å²) in [6.07, 6.45) is 0.351. The lowest BCUT2D eigenvalue weighted by atomic mass is 10.0. The Hall–Kier alpha value is -2.69. The number of carbonyl (C=O) groups is 2. The highest BCUT2D eigenvalue weighted by molar-refractivity contribution is 7.91. The molecular weight excluding hydrogens is 428 g/mol. The van der Waals surface area contributed by atoms with Crippen LogP contribution in [-0.2, 0) is 27.7 Å². The van der Waals surface area contributed by atoms with E-state index in [4.69, 9.17) is 9.15 Å². The van der Waals surface area contributed by atoms with Gasteiger partial charge in [-0.2, -0.15) is 0 Å². The summed E-state index contributed by atoms with van der Waals surface area (Å²) in [5, 5.41) is 0.835. The Morgan fingerprint density at radius 3 is 2.77 bits per heavy atom. The van der Waals surface area contributed by atoms with E-state index in [1.807, 2.05) is 18.2 Å². The van der Waals surface area contributed by atoms with E-state index in [1.165, 1.54) is 7.11 Å². The number of esters is 1. The number of hydrogen-bond acceptors (Lipinski definition) is 7. The van der Waals surface area contributed by atoms with Crippen LogP contribution in [0.5, 0.6) is 0 Å². The Balaban J connectivity index is 1.69. The van der Waals surface area contributed by atoms with Gasteiger partial charge >= 0.3 is 5.97 Å². The zero-order valence-corrected chi connectivity index (χ0v) is 18.1. The molecule has 0 saturated carbocycles. The number of nitrogens with zero attached hydrogens (tertiary/aromatic N) is 1. The van der Waals surface area contributed by atoms with Crippen molar-refractivity contribution in [2.24, 2.45) is 0 Å². The van der Waals surface area contributed by atoms with Crippen molar-refractivity contribution in [3.05, 3.63) is 52.1 Å². The molecule has 10 heteroatoms. The highest BCUT2D eigenvalue weighted by Crippen LogP contribution is 2.37. The van der Waals surface area contributed by atoms with Gasteiger partial charge in [0.05, 0.1) is 19.2 Å². The van der Waals surface area contributed by atoms with Gasteiger partial charge in [0.2, 0.25) is 0 Å². The molecule has 30 heavy (non-hydrogen) atoms. The molecule has 8 nitrogen and oxygen atoms in total. The molecule has 158 valence electrons. The fourth-order valence-electron chi connectivity index (χ4n) is 3.55. The average Bonchev–Trinajstić information content (AvgIpc) is 3.34. The van der Waals surface area contributed by atoms with Gasteiger partial charge < -0.3 is 14.1 Å². The summed E-state index contributed by atoms with van der Waals surface area (Å²) in [5.41, 5.74) is 1.31. The number of sulfonamides is 1. The predicted molar refractivity (Wildman–Crippen MR) is 111 cm³/mol. The first-order valence-corrected chi connectivity index (χ1v) is 11.7. The minimum Gasteiger partial charge on any atom is -0.465 e. The Morgan fingerprint density at radius 1 is 1.30 bits per heavy atom. The molecule has 0 aliphatic carbocycles. The molecule has 3 heterocycles. The van der Waals surface area contributed by atoms with Crippen molar-refractivity contribution < 1.29 is 27.2 Å². The number of furan rings is 1. The third-order valence-corrected chi connectivity index (χ3v) is 8.20. The quantitative estimate of drug-likeness (QED) is 0.602. The van der Waals surface area contributed by atoms with Crippen LogP contribution in [0.3, 0.4) is 0 Å². The van der Waals surface area contributed by atoms with Crippen LogP contribution in [0, 0.1) is 0 Å². The van der Waals surface area contributed by atoms with Crippen LogP contribution >= 0.6 is 11.3 Å². The summed E-state index contributed by atoms with van der Waals surface area (Å²) in [5.74, 6) is -0.744. The molecule has 4 rings (SSSR count). The Bertz CT molecular complexity index is 1210. The van der Waals surface area contributed by atoms with Crippen molar-refractivity contribution in [3.63, 3.8) is 0 Å². The Kier molecular flexibility index (Phi) is 5.39. The number of amides is 1. The molecular formula is C20H20N2O6S2. The molecule has 0 spiro atoms. The fourth-order valence-corrected chi connectivity index (χ4v) is 6.53. The van der Waals surface area contributed by atoms with Crippen LogP contribution in [0.4, 0.5) is 0 Å². The van der Waals surface area contributed by atoms with Crippen LogP contribution in [0.25, 0.3) is 11.0 Å². The number of methoxy groups -OCH3 is 1. The van der Waals surface area contributed by atoms with Crippen molar-refractivity contribution in [1.82, 2.24) is 9.62 Å². The van der Waals surface area contributed by atoms with Gasteiger partial charge in [-0.3, -0.25) is 4.79 Å². The molecule has 0 unspecified atom stereocenters. The largest absolute Gasteiger partial charge is 0.465 e. The molecule has 1 N–H and O–H groups in total. The van der Waals surface area contributed by atoms with E-state index >= 15 is 0 Å². The smallest absolute Gasteiger partial charge is 0.340 e. The molecule has 1 aliphatic heterocycles. The first-order valence-electron chi connectivity index (χ1n) is 9.36. The Labute approximate surface area is 177 Å². The van der Waals surface area contributed by atoms with Gasteiger partial charge in [0, 0.05) is 23.4 Å². The molecule has 1 aliphatic rings. The normalized spacial score (nSPS) is 14.0. The highest BCUT2D eigenvalue weighted by Gasteiger charge is 2.35. The first kappa shape index (κ1) is 20.6. The number of rotatable bonds is 5. The number of fused-ring (bicyclic) bond motifs is 2. The zero-order chi connectivity index (χ0) is 21.5. The number of carbonyl (C=O) groups excluding carboxylic acids is 2. The van der Waals surface area contributed by atoms with Crippen LogP contribution in [0.15, 0.2) is 39.0 Å². The third-order valence-electron chi connectivity index (χ3n) is 4.92. The van der Waals surface area contributed by atoms with Crippen LogP contribution in [0.1, 0.15) is 38.3 Å². The molecule has 0 fully saturated rings. The van der Waals surface area contributed by atoms with Crippen molar-refractivity contribution in [1.29, 1.82) is 0 Å². The predicted octanol–water partition coefficient (Wildman–Crippen LogP) is 2.78. The van der Waals surface area contributed by atoms with Crippen LogP contribution < -0.4 is 4.72 Å². The second-order valence-corrected chi connectivity index (χ2v) is 9.85. The standard InChI is InChI=1S/C20H20N2O6S2/c1-3-21-30(25,26)20-17(19(24)27-2)13-8-9-22(11-16(13)29-20)18(23)15-10-12-6-4-5-7-14(12)28-15/h4-7,10,21H,3,8-9,11H2,1-2H3. The Morgan fingerprint density at radius 2 is 2.07 bits per heavy atom. The molecule has 0 bridgehead atoms. The van der Waals surface area contributed by atoms with E-state index in [1.54, 1.807) is 24.0 Å². The van der Waals surface area contributed by atoms with Crippen molar-refractivity contribution in [2.45, 2.75) is 24.1 Å².